The Labute approximate surface area is 175 Å². The molecule has 2 saturated heterocycles. The highest BCUT2D eigenvalue weighted by Gasteiger charge is 2.26. The Morgan fingerprint density at radius 3 is 2.62 bits per heavy atom. The van der Waals surface area contributed by atoms with Crippen LogP contribution in [0, 0.1) is 5.92 Å². The molecule has 0 saturated carbocycles. The van der Waals surface area contributed by atoms with Crippen LogP contribution in [-0.2, 0) is 6.42 Å². The number of hydrogen-bond donors (Lipinski definition) is 3. The highest BCUT2D eigenvalue weighted by atomic mass is 16.3. The number of benzene rings is 1. The highest BCUT2D eigenvalue weighted by molar-refractivity contribution is 5.94. The van der Waals surface area contributed by atoms with Gasteiger partial charge in [-0.25, -0.2) is 0 Å². The molecule has 5 heteroatoms. The summed E-state index contributed by atoms with van der Waals surface area (Å²) >= 11 is 0. The number of rotatable bonds is 8. The molecule has 5 nitrogen and oxygen atoms in total. The summed E-state index contributed by atoms with van der Waals surface area (Å²) in [5.74, 6) is 0.791. The van der Waals surface area contributed by atoms with Gasteiger partial charge in [-0.15, -0.1) is 0 Å². The molecule has 3 rings (SSSR count). The second kappa shape index (κ2) is 10.1. The fraction of sp³-hybridized carbons (Fsp3) is 0.708. The summed E-state index contributed by atoms with van der Waals surface area (Å²) < 4.78 is 0. The predicted octanol–water partition coefficient (Wildman–Crippen LogP) is 3.14. The summed E-state index contributed by atoms with van der Waals surface area (Å²) in [6.07, 6.45) is 8.26. The number of carbonyl (C=O) groups is 1. The van der Waals surface area contributed by atoms with Gasteiger partial charge in [-0.1, -0.05) is 25.0 Å². The molecular weight excluding hydrogens is 364 g/mol. The largest absolute Gasteiger partial charge is 0.391 e. The molecule has 0 aliphatic carbocycles. The van der Waals surface area contributed by atoms with E-state index in [0.717, 1.165) is 30.9 Å². The third-order valence-electron chi connectivity index (χ3n) is 6.33. The van der Waals surface area contributed by atoms with Crippen molar-refractivity contribution >= 4 is 5.91 Å². The SMILES string of the molecule is CC(C)(O)CC1CC(CCCCc2ccc(C(=O)N3CC[C@@H](O)C3)cc2)CCN1. The third-order valence-corrected chi connectivity index (χ3v) is 6.33. The van der Waals surface area contributed by atoms with Gasteiger partial charge in [-0.05, 0) is 82.5 Å². The fourth-order valence-corrected chi connectivity index (χ4v) is 4.80. The number of amides is 1. The topological polar surface area (TPSA) is 72.8 Å². The number of aryl methyl sites for hydroxylation is 1. The van der Waals surface area contributed by atoms with E-state index in [-0.39, 0.29) is 12.0 Å². The van der Waals surface area contributed by atoms with E-state index in [9.17, 15) is 15.0 Å². The lowest BCUT2D eigenvalue weighted by Crippen LogP contribution is -2.42. The minimum Gasteiger partial charge on any atom is -0.391 e. The molecule has 0 spiro atoms. The summed E-state index contributed by atoms with van der Waals surface area (Å²) in [7, 11) is 0. The van der Waals surface area contributed by atoms with E-state index in [4.69, 9.17) is 0 Å². The summed E-state index contributed by atoms with van der Waals surface area (Å²) in [5, 5.41) is 23.2. The lowest BCUT2D eigenvalue weighted by atomic mass is 9.84. The van der Waals surface area contributed by atoms with Crippen molar-refractivity contribution in [3.05, 3.63) is 35.4 Å². The standard InChI is InChI=1S/C24H38N2O3/c1-24(2,29)16-21-15-19(11-13-25-21)6-4-3-5-18-7-9-20(10-8-18)23(28)26-14-12-22(27)17-26/h7-10,19,21-22,25,27,29H,3-6,11-17H2,1-2H3/t19?,21?,22-/m1/s1. The van der Waals surface area contributed by atoms with Gasteiger partial charge in [0.25, 0.3) is 5.91 Å². The number of aliphatic hydroxyl groups is 2. The molecule has 0 bridgehead atoms. The maximum absolute atomic E-state index is 12.4. The van der Waals surface area contributed by atoms with Crippen LogP contribution in [0.1, 0.15) is 74.7 Å². The molecule has 1 aromatic rings. The van der Waals surface area contributed by atoms with Gasteiger partial charge in [-0.3, -0.25) is 4.79 Å². The summed E-state index contributed by atoms with van der Waals surface area (Å²) in [6, 6.07) is 8.44. The average molecular weight is 403 g/mol. The maximum atomic E-state index is 12.4. The van der Waals surface area contributed by atoms with Crippen molar-refractivity contribution in [2.45, 2.75) is 83.0 Å². The molecule has 162 valence electrons. The van der Waals surface area contributed by atoms with Crippen LogP contribution in [0.2, 0.25) is 0 Å². The van der Waals surface area contributed by atoms with E-state index in [0.29, 0.717) is 25.6 Å². The Bertz CT molecular complexity index is 653. The molecule has 29 heavy (non-hydrogen) atoms. The van der Waals surface area contributed by atoms with Crippen molar-refractivity contribution in [3.63, 3.8) is 0 Å². The first-order valence-electron chi connectivity index (χ1n) is 11.3. The van der Waals surface area contributed by atoms with Gasteiger partial charge in [0.15, 0.2) is 0 Å². The van der Waals surface area contributed by atoms with Crippen molar-refractivity contribution in [1.82, 2.24) is 10.2 Å². The first kappa shape index (κ1) is 22.3. The van der Waals surface area contributed by atoms with Gasteiger partial charge in [0.05, 0.1) is 11.7 Å². The Balaban J connectivity index is 1.37. The zero-order valence-corrected chi connectivity index (χ0v) is 18.1. The molecule has 2 unspecified atom stereocenters. The first-order valence-corrected chi connectivity index (χ1v) is 11.3. The van der Waals surface area contributed by atoms with Crippen LogP contribution >= 0.6 is 0 Å². The maximum Gasteiger partial charge on any atom is 0.253 e. The van der Waals surface area contributed by atoms with Gasteiger partial charge in [0, 0.05) is 24.7 Å². The Morgan fingerprint density at radius 1 is 1.21 bits per heavy atom. The lowest BCUT2D eigenvalue weighted by molar-refractivity contribution is 0.0513. The molecule has 1 amide bonds. The normalized spacial score (nSPS) is 25.4. The van der Waals surface area contributed by atoms with Crippen molar-refractivity contribution in [2.24, 2.45) is 5.92 Å². The summed E-state index contributed by atoms with van der Waals surface area (Å²) in [6.45, 7) is 5.95. The molecule has 3 N–H and O–H groups in total. The molecule has 0 radical (unpaired) electrons. The zero-order valence-electron chi connectivity index (χ0n) is 18.1. The van der Waals surface area contributed by atoms with E-state index in [1.807, 2.05) is 26.0 Å². The predicted molar refractivity (Wildman–Crippen MR) is 116 cm³/mol. The van der Waals surface area contributed by atoms with E-state index in [1.54, 1.807) is 4.90 Å². The fourth-order valence-electron chi connectivity index (χ4n) is 4.80. The summed E-state index contributed by atoms with van der Waals surface area (Å²) in [5.41, 5.74) is 1.41. The van der Waals surface area contributed by atoms with Gasteiger partial charge in [-0.2, -0.15) is 0 Å². The van der Waals surface area contributed by atoms with E-state index >= 15 is 0 Å². The van der Waals surface area contributed by atoms with E-state index in [2.05, 4.69) is 17.4 Å². The average Bonchev–Trinajstić information content (AvgIpc) is 3.10. The van der Waals surface area contributed by atoms with Crippen molar-refractivity contribution in [3.8, 4) is 0 Å². The van der Waals surface area contributed by atoms with Crippen molar-refractivity contribution < 1.29 is 15.0 Å². The van der Waals surface area contributed by atoms with Gasteiger partial charge < -0.3 is 20.4 Å². The molecule has 2 fully saturated rings. The highest BCUT2D eigenvalue weighted by Crippen LogP contribution is 2.26. The van der Waals surface area contributed by atoms with Crippen molar-refractivity contribution in [1.29, 1.82) is 0 Å². The van der Waals surface area contributed by atoms with Gasteiger partial charge >= 0.3 is 0 Å². The molecule has 2 aliphatic heterocycles. The molecule has 2 heterocycles. The number of nitrogens with zero attached hydrogens (tertiary/aromatic N) is 1. The monoisotopic (exact) mass is 402 g/mol. The zero-order chi connectivity index (χ0) is 20.9. The molecular formula is C24H38N2O3. The minimum atomic E-state index is -0.596. The Morgan fingerprint density at radius 2 is 1.97 bits per heavy atom. The number of piperidine rings is 1. The second-order valence-corrected chi connectivity index (χ2v) is 9.69. The molecule has 0 aromatic heterocycles. The Kier molecular flexibility index (Phi) is 7.72. The lowest BCUT2D eigenvalue weighted by Gasteiger charge is -2.33. The third kappa shape index (κ3) is 7.09. The Hall–Kier alpha value is -1.43. The van der Waals surface area contributed by atoms with Crippen LogP contribution in [0.5, 0.6) is 0 Å². The first-order chi connectivity index (χ1) is 13.8. The van der Waals surface area contributed by atoms with Crippen LogP contribution in [-0.4, -0.2) is 58.4 Å². The number of hydrogen-bond acceptors (Lipinski definition) is 4. The van der Waals surface area contributed by atoms with E-state index < -0.39 is 5.60 Å². The molecule has 3 atom stereocenters. The second-order valence-electron chi connectivity index (χ2n) is 9.69. The van der Waals surface area contributed by atoms with Gasteiger partial charge in [0.2, 0.25) is 0 Å². The van der Waals surface area contributed by atoms with Crippen LogP contribution in [0.4, 0.5) is 0 Å². The minimum absolute atomic E-state index is 0.0274. The van der Waals surface area contributed by atoms with Crippen LogP contribution in [0.15, 0.2) is 24.3 Å². The summed E-state index contributed by atoms with van der Waals surface area (Å²) in [4.78, 5) is 14.2. The van der Waals surface area contributed by atoms with Crippen LogP contribution in [0.3, 0.4) is 0 Å². The number of nitrogens with one attached hydrogen (secondary N) is 1. The number of unbranched alkanes of at least 4 members (excludes halogenated alkanes) is 1. The van der Waals surface area contributed by atoms with Gasteiger partial charge in [0.1, 0.15) is 0 Å². The van der Waals surface area contributed by atoms with Crippen LogP contribution < -0.4 is 5.32 Å². The van der Waals surface area contributed by atoms with Crippen LogP contribution in [0.25, 0.3) is 0 Å². The van der Waals surface area contributed by atoms with E-state index in [1.165, 1.54) is 37.7 Å². The number of β-amino-alcohol motifs (C(OH)–C–C–N with tert-alkyl or cyclic N) is 1. The number of aliphatic hydroxyl groups excluding tert-OH is 1. The molecule has 2 aliphatic rings. The van der Waals surface area contributed by atoms with Crippen molar-refractivity contribution in [2.75, 3.05) is 19.6 Å². The quantitative estimate of drug-likeness (QED) is 0.584. The smallest absolute Gasteiger partial charge is 0.253 e. The number of carbonyl (C=O) groups excluding carboxylic acids is 1. The number of likely N-dealkylation sites (tertiary alicyclic amines) is 1. The molecule has 1 aromatic carbocycles.